The molecule has 0 saturated carbocycles. The Morgan fingerprint density at radius 3 is 2.09 bits per heavy atom. The Labute approximate surface area is 190 Å². The monoisotopic (exact) mass is 460 g/mol. The molecule has 0 spiro atoms. The molecule has 0 atom stereocenters. The normalized spacial score (nSPS) is 15.9. The van der Waals surface area contributed by atoms with Crippen molar-refractivity contribution in [1.29, 1.82) is 0 Å². The molecule has 1 heterocycles. The molecule has 8 heteroatoms. The van der Waals surface area contributed by atoms with Crippen LogP contribution < -0.4 is 14.8 Å². The minimum Gasteiger partial charge on any atom is -0.497 e. The van der Waals surface area contributed by atoms with Crippen molar-refractivity contribution in [3.05, 3.63) is 54.1 Å². The van der Waals surface area contributed by atoms with E-state index in [4.69, 9.17) is 9.47 Å². The molecule has 1 aliphatic rings. The molecule has 1 saturated heterocycles. The second kappa shape index (κ2) is 9.92. The summed E-state index contributed by atoms with van der Waals surface area (Å²) in [6, 6.07) is 14.1. The zero-order valence-corrected chi connectivity index (χ0v) is 19.9. The van der Waals surface area contributed by atoms with Gasteiger partial charge in [-0.2, -0.15) is 4.31 Å². The second-order valence-electron chi connectivity index (χ2n) is 8.98. The lowest BCUT2D eigenvalue weighted by atomic mass is 9.87. The average Bonchev–Trinajstić information content (AvgIpc) is 2.78. The molecule has 0 bridgehead atoms. The van der Waals surface area contributed by atoms with Crippen LogP contribution in [0.1, 0.15) is 39.2 Å². The van der Waals surface area contributed by atoms with Gasteiger partial charge in [0.2, 0.25) is 10.0 Å². The highest BCUT2D eigenvalue weighted by atomic mass is 32.2. The van der Waals surface area contributed by atoms with Gasteiger partial charge in [0.1, 0.15) is 11.5 Å². The molecular formula is C24H32N2O5S. The van der Waals surface area contributed by atoms with Crippen LogP contribution in [0.25, 0.3) is 0 Å². The summed E-state index contributed by atoms with van der Waals surface area (Å²) < 4.78 is 37.8. The third kappa shape index (κ3) is 6.01. The maximum atomic E-state index is 12.8. The van der Waals surface area contributed by atoms with E-state index in [1.807, 2.05) is 24.3 Å². The van der Waals surface area contributed by atoms with Crippen molar-refractivity contribution in [3.63, 3.8) is 0 Å². The summed E-state index contributed by atoms with van der Waals surface area (Å²) in [5.41, 5.74) is 1.26. The predicted molar refractivity (Wildman–Crippen MR) is 124 cm³/mol. The van der Waals surface area contributed by atoms with Crippen molar-refractivity contribution in [1.82, 2.24) is 9.62 Å². The summed E-state index contributed by atoms with van der Waals surface area (Å²) in [6.07, 6.45) is 1.11. The van der Waals surface area contributed by atoms with E-state index >= 15 is 0 Å². The summed E-state index contributed by atoms with van der Waals surface area (Å²) in [6.45, 7) is 7.07. The van der Waals surface area contributed by atoms with Gasteiger partial charge < -0.3 is 14.8 Å². The van der Waals surface area contributed by atoms with E-state index < -0.39 is 10.0 Å². The quantitative estimate of drug-likeness (QED) is 0.685. The molecule has 3 rings (SSSR count). The molecule has 1 amide bonds. The second-order valence-corrected chi connectivity index (χ2v) is 10.9. The molecule has 32 heavy (non-hydrogen) atoms. The number of ether oxygens (including phenoxy) is 2. The number of carbonyl (C=O) groups is 1. The third-order valence-electron chi connectivity index (χ3n) is 5.61. The van der Waals surface area contributed by atoms with E-state index in [-0.39, 0.29) is 28.9 Å². The SMILES string of the molecule is COc1ccc(S(=O)(=O)N2CCC(NC(=O)COc3ccc(C(C)(C)C)cc3)CC2)cc1. The van der Waals surface area contributed by atoms with E-state index in [1.165, 1.54) is 17.0 Å². The van der Waals surface area contributed by atoms with Crippen LogP contribution >= 0.6 is 0 Å². The standard InChI is InChI=1S/C24H32N2O5S/c1-24(2,3)18-5-7-21(8-6-18)31-17-23(27)25-19-13-15-26(16-14-19)32(28,29)22-11-9-20(30-4)10-12-22/h5-12,19H,13-17H2,1-4H3,(H,25,27). The van der Waals surface area contributed by atoms with Gasteiger partial charge in [-0.15, -0.1) is 0 Å². The first kappa shape index (κ1) is 24.1. The number of sulfonamides is 1. The summed E-state index contributed by atoms with van der Waals surface area (Å²) in [5, 5.41) is 2.95. The number of amides is 1. The first-order valence-electron chi connectivity index (χ1n) is 10.8. The van der Waals surface area contributed by atoms with Crippen molar-refractivity contribution in [3.8, 4) is 11.5 Å². The maximum absolute atomic E-state index is 12.8. The van der Waals surface area contributed by atoms with Gasteiger partial charge in [0.25, 0.3) is 5.91 Å². The molecule has 2 aromatic carbocycles. The van der Waals surface area contributed by atoms with Crippen molar-refractivity contribution in [2.24, 2.45) is 0 Å². The average molecular weight is 461 g/mol. The van der Waals surface area contributed by atoms with Gasteiger partial charge in [-0.05, 0) is 60.2 Å². The lowest BCUT2D eigenvalue weighted by Crippen LogP contribution is -2.47. The lowest BCUT2D eigenvalue weighted by Gasteiger charge is -2.31. The van der Waals surface area contributed by atoms with Gasteiger partial charge in [-0.3, -0.25) is 4.79 Å². The maximum Gasteiger partial charge on any atom is 0.258 e. The fourth-order valence-corrected chi connectivity index (χ4v) is 5.08. The van der Waals surface area contributed by atoms with Gasteiger partial charge in [0.05, 0.1) is 12.0 Å². The summed E-state index contributed by atoms with van der Waals surface area (Å²) in [5.74, 6) is 1.05. The van der Waals surface area contributed by atoms with Crippen molar-refractivity contribution in [2.75, 3.05) is 26.8 Å². The van der Waals surface area contributed by atoms with Gasteiger partial charge in [0, 0.05) is 19.1 Å². The molecule has 1 aliphatic heterocycles. The van der Waals surface area contributed by atoms with E-state index in [2.05, 4.69) is 26.1 Å². The highest BCUT2D eigenvalue weighted by Gasteiger charge is 2.30. The number of piperidine rings is 1. The molecule has 0 aliphatic carbocycles. The molecule has 0 unspecified atom stereocenters. The van der Waals surface area contributed by atoms with Gasteiger partial charge in [-0.25, -0.2) is 8.42 Å². The molecule has 1 N–H and O–H groups in total. The Kier molecular flexibility index (Phi) is 7.46. The molecule has 0 aromatic heterocycles. The Bertz CT molecular complexity index is 1000. The Balaban J connectivity index is 1.46. The molecule has 0 radical (unpaired) electrons. The van der Waals surface area contributed by atoms with Crippen molar-refractivity contribution in [2.45, 2.75) is 50.0 Å². The summed E-state index contributed by atoms with van der Waals surface area (Å²) in [7, 11) is -2.02. The molecule has 7 nitrogen and oxygen atoms in total. The fourth-order valence-electron chi connectivity index (χ4n) is 3.61. The van der Waals surface area contributed by atoms with Crippen LogP contribution in [-0.2, 0) is 20.2 Å². The van der Waals surface area contributed by atoms with Crippen LogP contribution in [0, 0.1) is 0 Å². The number of hydrogen-bond acceptors (Lipinski definition) is 5. The number of rotatable bonds is 7. The molecular weight excluding hydrogens is 428 g/mol. The van der Waals surface area contributed by atoms with Crippen LogP contribution in [0.4, 0.5) is 0 Å². The predicted octanol–water partition coefficient (Wildman–Crippen LogP) is 3.34. The Morgan fingerprint density at radius 1 is 1.00 bits per heavy atom. The smallest absolute Gasteiger partial charge is 0.258 e. The van der Waals surface area contributed by atoms with Crippen LogP contribution in [0.15, 0.2) is 53.4 Å². The van der Waals surface area contributed by atoms with E-state index in [0.717, 1.165) is 0 Å². The van der Waals surface area contributed by atoms with E-state index in [9.17, 15) is 13.2 Å². The number of carbonyl (C=O) groups excluding carboxylic acids is 1. The number of nitrogens with zero attached hydrogens (tertiary/aromatic N) is 1. The number of benzene rings is 2. The zero-order chi connectivity index (χ0) is 23.4. The zero-order valence-electron chi connectivity index (χ0n) is 19.1. The molecule has 2 aromatic rings. The van der Waals surface area contributed by atoms with Gasteiger partial charge in [-0.1, -0.05) is 32.9 Å². The van der Waals surface area contributed by atoms with E-state index in [1.54, 1.807) is 24.3 Å². The number of nitrogens with one attached hydrogen (secondary N) is 1. The van der Waals surface area contributed by atoms with Crippen LogP contribution in [0.3, 0.4) is 0 Å². The third-order valence-corrected chi connectivity index (χ3v) is 7.52. The summed E-state index contributed by atoms with van der Waals surface area (Å²) >= 11 is 0. The van der Waals surface area contributed by atoms with Gasteiger partial charge >= 0.3 is 0 Å². The highest BCUT2D eigenvalue weighted by Crippen LogP contribution is 2.25. The largest absolute Gasteiger partial charge is 0.497 e. The summed E-state index contributed by atoms with van der Waals surface area (Å²) in [4.78, 5) is 12.5. The van der Waals surface area contributed by atoms with Crippen LogP contribution in [0.2, 0.25) is 0 Å². The van der Waals surface area contributed by atoms with Crippen molar-refractivity contribution >= 4 is 15.9 Å². The Morgan fingerprint density at radius 2 is 1.56 bits per heavy atom. The topological polar surface area (TPSA) is 84.9 Å². The van der Waals surface area contributed by atoms with Crippen LogP contribution in [0.5, 0.6) is 11.5 Å². The molecule has 1 fully saturated rings. The van der Waals surface area contributed by atoms with Gasteiger partial charge in [0.15, 0.2) is 6.61 Å². The Hall–Kier alpha value is -2.58. The van der Waals surface area contributed by atoms with Crippen LogP contribution in [-0.4, -0.2) is 51.5 Å². The van der Waals surface area contributed by atoms with Crippen molar-refractivity contribution < 1.29 is 22.7 Å². The minimum absolute atomic E-state index is 0.0611. The molecule has 174 valence electrons. The number of methoxy groups -OCH3 is 1. The highest BCUT2D eigenvalue weighted by molar-refractivity contribution is 7.89. The number of hydrogen-bond donors (Lipinski definition) is 1. The van der Waals surface area contributed by atoms with E-state index in [0.29, 0.717) is 37.4 Å². The lowest BCUT2D eigenvalue weighted by molar-refractivity contribution is -0.124. The minimum atomic E-state index is -3.56. The first-order valence-corrected chi connectivity index (χ1v) is 12.2. The fraction of sp³-hybridized carbons (Fsp3) is 0.458. The first-order chi connectivity index (χ1) is 15.1.